The first-order valence-corrected chi connectivity index (χ1v) is 10.1. The van der Waals surface area contributed by atoms with Crippen molar-refractivity contribution in [1.29, 1.82) is 0 Å². The molecule has 3 aromatic rings. The van der Waals surface area contributed by atoms with E-state index in [9.17, 15) is 18.4 Å². The van der Waals surface area contributed by atoms with Crippen molar-refractivity contribution in [3.05, 3.63) is 91.8 Å². The number of halogens is 3. The second kappa shape index (κ2) is 9.84. The van der Waals surface area contributed by atoms with Crippen LogP contribution in [0.1, 0.15) is 21.6 Å². The van der Waals surface area contributed by atoms with Gasteiger partial charge in [0, 0.05) is 41.2 Å². The molecular formula is C22H19BrF2N2O4. The molecule has 9 heteroatoms. The molecule has 1 heterocycles. The Balaban J connectivity index is 1.90. The number of aliphatic hydroxyl groups excluding tert-OH is 1. The largest absolute Gasteiger partial charge is 0.487 e. The Morgan fingerprint density at radius 1 is 1.19 bits per heavy atom. The van der Waals surface area contributed by atoms with Gasteiger partial charge >= 0.3 is 0 Å². The highest BCUT2D eigenvalue weighted by Crippen LogP contribution is 2.25. The molecule has 6 nitrogen and oxygen atoms in total. The zero-order valence-corrected chi connectivity index (χ0v) is 18.1. The summed E-state index contributed by atoms with van der Waals surface area (Å²) in [6.45, 7) is 1.44. The Hall–Kier alpha value is -3.04. The van der Waals surface area contributed by atoms with Crippen molar-refractivity contribution in [1.82, 2.24) is 9.88 Å². The molecule has 0 saturated carbocycles. The number of hydrogen-bond donors (Lipinski definition) is 2. The molecule has 0 aliphatic carbocycles. The van der Waals surface area contributed by atoms with E-state index < -0.39 is 17.2 Å². The third-order valence-electron chi connectivity index (χ3n) is 4.46. The maximum Gasteiger partial charge on any atom is 0.273 e. The SMILES string of the molecule is Cc1cc(OCc2ccc(F)cc2F)c(Br)c(=O)n1-c1cccc(C(=O)NCCO)c1. The maximum atomic E-state index is 13.8. The van der Waals surface area contributed by atoms with Gasteiger partial charge in [-0.3, -0.25) is 14.2 Å². The molecule has 0 spiro atoms. The average Bonchev–Trinajstić information content (AvgIpc) is 2.75. The van der Waals surface area contributed by atoms with Gasteiger partial charge < -0.3 is 15.2 Å². The highest BCUT2D eigenvalue weighted by molar-refractivity contribution is 9.10. The number of nitrogens with zero attached hydrogens (tertiary/aromatic N) is 1. The van der Waals surface area contributed by atoms with E-state index in [0.29, 0.717) is 16.9 Å². The Morgan fingerprint density at radius 2 is 1.97 bits per heavy atom. The molecule has 3 rings (SSSR count). The number of pyridine rings is 1. The van der Waals surface area contributed by atoms with Crippen LogP contribution in [0.15, 0.2) is 57.8 Å². The number of amides is 1. The van der Waals surface area contributed by atoms with Crippen molar-refractivity contribution in [2.75, 3.05) is 13.2 Å². The van der Waals surface area contributed by atoms with Crippen molar-refractivity contribution in [2.45, 2.75) is 13.5 Å². The first-order chi connectivity index (χ1) is 14.8. The fourth-order valence-electron chi connectivity index (χ4n) is 2.96. The number of rotatable bonds is 7. The van der Waals surface area contributed by atoms with Crippen molar-refractivity contribution < 1.29 is 23.4 Å². The fraction of sp³-hybridized carbons (Fsp3) is 0.182. The second-order valence-corrected chi connectivity index (χ2v) is 7.45. The Kier molecular flexibility index (Phi) is 7.19. The number of hydrogen-bond acceptors (Lipinski definition) is 4. The summed E-state index contributed by atoms with van der Waals surface area (Å²) in [5.41, 5.74) is 1.05. The van der Waals surface area contributed by atoms with E-state index in [4.69, 9.17) is 9.84 Å². The summed E-state index contributed by atoms with van der Waals surface area (Å²) >= 11 is 3.23. The van der Waals surface area contributed by atoms with E-state index in [0.717, 1.165) is 12.1 Å². The van der Waals surface area contributed by atoms with Crippen LogP contribution in [0.2, 0.25) is 0 Å². The first kappa shape index (κ1) is 22.6. The summed E-state index contributed by atoms with van der Waals surface area (Å²) in [4.78, 5) is 25.1. The quantitative estimate of drug-likeness (QED) is 0.529. The van der Waals surface area contributed by atoms with E-state index in [1.807, 2.05) is 0 Å². The third kappa shape index (κ3) is 5.18. The lowest BCUT2D eigenvalue weighted by molar-refractivity contribution is 0.0944. The number of aliphatic hydroxyl groups is 1. The maximum absolute atomic E-state index is 13.8. The van der Waals surface area contributed by atoms with E-state index in [1.54, 1.807) is 37.3 Å². The molecule has 1 aromatic heterocycles. The lowest BCUT2D eigenvalue weighted by Gasteiger charge is -2.15. The molecule has 0 atom stereocenters. The molecule has 0 unspecified atom stereocenters. The van der Waals surface area contributed by atoms with Crippen molar-refractivity contribution in [3.8, 4) is 11.4 Å². The molecule has 162 valence electrons. The van der Waals surface area contributed by atoms with Crippen LogP contribution >= 0.6 is 15.9 Å². The van der Waals surface area contributed by atoms with Gasteiger partial charge in [-0.15, -0.1) is 0 Å². The normalized spacial score (nSPS) is 10.7. The van der Waals surface area contributed by atoms with Gasteiger partial charge in [0.15, 0.2) is 0 Å². The Labute approximate surface area is 185 Å². The summed E-state index contributed by atoms with van der Waals surface area (Å²) < 4.78 is 34.0. The Bertz CT molecular complexity index is 1180. The molecular weight excluding hydrogens is 474 g/mol. The van der Waals surface area contributed by atoms with Gasteiger partial charge in [-0.2, -0.15) is 0 Å². The minimum atomic E-state index is -0.738. The molecule has 2 N–H and O–H groups in total. The van der Waals surface area contributed by atoms with Crippen LogP contribution in [0.5, 0.6) is 5.75 Å². The van der Waals surface area contributed by atoms with Crippen LogP contribution in [-0.4, -0.2) is 28.7 Å². The standard InChI is InChI=1S/C22H19BrF2N2O4/c1-13-9-19(31-12-15-5-6-16(24)11-18(15)25)20(23)22(30)27(13)17-4-2-3-14(10-17)21(29)26-7-8-28/h2-6,9-11,28H,7-8,12H2,1H3,(H,26,29). The molecule has 2 aromatic carbocycles. The van der Waals surface area contributed by atoms with Gasteiger partial charge in [0.2, 0.25) is 0 Å². The predicted octanol–water partition coefficient (Wildman–Crippen LogP) is 3.49. The van der Waals surface area contributed by atoms with Crippen LogP contribution in [0.25, 0.3) is 5.69 Å². The van der Waals surface area contributed by atoms with Crippen molar-refractivity contribution in [2.24, 2.45) is 0 Å². The predicted molar refractivity (Wildman–Crippen MR) is 115 cm³/mol. The topological polar surface area (TPSA) is 80.6 Å². The van der Waals surface area contributed by atoms with E-state index >= 15 is 0 Å². The molecule has 0 bridgehead atoms. The third-order valence-corrected chi connectivity index (χ3v) is 5.19. The number of ether oxygens (including phenoxy) is 1. The summed E-state index contributed by atoms with van der Waals surface area (Å²) in [6, 6.07) is 11.3. The number of benzene rings is 2. The summed E-state index contributed by atoms with van der Waals surface area (Å²) in [7, 11) is 0. The lowest BCUT2D eigenvalue weighted by atomic mass is 10.1. The van der Waals surface area contributed by atoms with Crippen LogP contribution < -0.4 is 15.6 Å². The molecule has 0 fully saturated rings. The van der Waals surface area contributed by atoms with E-state index in [-0.39, 0.29) is 41.5 Å². The highest BCUT2D eigenvalue weighted by Gasteiger charge is 2.15. The summed E-state index contributed by atoms with van der Waals surface area (Å²) in [5, 5.41) is 11.4. The molecule has 0 radical (unpaired) electrons. The van der Waals surface area contributed by atoms with E-state index in [2.05, 4.69) is 21.2 Å². The van der Waals surface area contributed by atoms with Gasteiger partial charge in [0.25, 0.3) is 11.5 Å². The smallest absolute Gasteiger partial charge is 0.273 e. The van der Waals surface area contributed by atoms with Gasteiger partial charge in [-0.05, 0) is 53.2 Å². The highest BCUT2D eigenvalue weighted by atomic mass is 79.9. The zero-order chi connectivity index (χ0) is 22.5. The molecule has 0 aliphatic heterocycles. The van der Waals surface area contributed by atoms with Crippen molar-refractivity contribution >= 4 is 21.8 Å². The second-order valence-electron chi connectivity index (χ2n) is 6.66. The number of carbonyl (C=O) groups excluding carboxylic acids is 1. The number of aromatic nitrogens is 1. The van der Waals surface area contributed by atoms with Crippen LogP contribution in [0.4, 0.5) is 8.78 Å². The first-order valence-electron chi connectivity index (χ1n) is 9.30. The number of carbonyl (C=O) groups is 1. The molecule has 31 heavy (non-hydrogen) atoms. The summed E-state index contributed by atoms with van der Waals surface area (Å²) in [5.74, 6) is -1.59. The average molecular weight is 493 g/mol. The van der Waals surface area contributed by atoms with Crippen LogP contribution in [-0.2, 0) is 6.61 Å². The van der Waals surface area contributed by atoms with Crippen LogP contribution in [0, 0.1) is 18.6 Å². The van der Waals surface area contributed by atoms with E-state index in [1.165, 1.54) is 10.6 Å². The van der Waals surface area contributed by atoms with Gasteiger partial charge in [0.05, 0.1) is 6.61 Å². The molecule has 1 amide bonds. The van der Waals surface area contributed by atoms with Crippen molar-refractivity contribution in [3.63, 3.8) is 0 Å². The molecule has 0 aliphatic rings. The number of nitrogens with one attached hydrogen (secondary N) is 1. The summed E-state index contributed by atoms with van der Waals surface area (Å²) in [6.07, 6.45) is 0. The van der Waals surface area contributed by atoms with Crippen LogP contribution in [0.3, 0.4) is 0 Å². The van der Waals surface area contributed by atoms with Gasteiger partial charge in [0.1, 0.15) is 28.5 Å². The number of aryl methyl sites for hydroxylation is 1. The monoisotopic (exact) mass is 492 g/mol. The Morgan fingerprint density at radius 3 is 2.68 bits per heavy atom. The minimum Gasteiger partial charge on any atom is -0.487 e. The minimum absolute atomic E-state index is 0.119. The zero-order valence-electron chi connectivity index (χ0n) is 16.5. The van der Waals surface area contributed by atoms with Gasteiger partial charge in [-0.1, -0.05) is 6.07 Å². The van der Waals surface area contributed by atoms with Gasteiger partial charge in [-0.25, -0.2) is 8.78 Å². The lowest BCUT2D eigenvalue weighted by Crippen LogP contribution is -2.27. The molecule has 0 saturated heterocycles. The fourth-order valence-corrected chi connectivity index (χ4v) is 3.37.